The van der Waals surface area contributed by atoms with Crippen molar-refractivity contribution in [1.82, 2.24) is 4.72 Å². The molecule has 39 heavy (non-hydrogen) atoms. The molecule has 4 aliphatic carbocycles. The van der Waals surface area contributed by atoms with Gasteiger partial charge < -0.3 is 0 Å². The quantitative estimate of drug-likeness (QED) is 0.379. The van der Waals surface area contributed by atoms with Gasteiger partial charge in [-0.3, -0.25) is 4.79 Å². The lowest BCUT2D eigenvalue weighted by atomic mass is 9.44. The van der Waals surface area contributed by atoms with Crippen LogP contribution in [0.2, 0.25) is 0 Å². The van der Waals surface area contributed by atoms with Crippen molar-refractivity contribution in [3.8, 4) is 0 Å². The fraction of sp³-hybridized carbons (Fsp3) is 0.774. The molecule has 4 aliphatic rings. The number of nitrogens with one attached hydrogen (secondary N) is 1. The Labute approximate surface area is 232 Å². The molecule has 0 saturated heterocycles. The second-order valence-electron chi connectivity index (χ2n) is 13.7. The van der Waals surface area contributed by atoms with E-state index in [-0.39, 0.29) is 16.7 Å². The van der Waals surface area contributed by atoms with E-state index in [9.17, 15) is 26.4 Å². The lowest BCUT2D eigenvalue weighted by molar-refractivity contribution is -0.137. The van der Waals surface area contributed by atoms with Crippen LogP contribution in [0.25, 0.3) is 0 Å². The largest absolute Gasteiger partial charge is 0.416 e. The van der Waals surface area contributed by atoms with Gasteiger partial charge in [-0.1, -0.05) is 33.6 Å². The fourth-order valence-electron chi connectivity index (χ4n) is 9.91. The van der Waals surface area contributed by atoms with Crippen molar-refractivity contribution < 1.29 is 26.4 Å². The Bertz CT molecular complexity index is 1170. The second-order valence-corrected chi connectivity index (χ2v) is 15.4. The first-order chi connectivity index (χ1) is 18.3. The van der Waals surface area contributed by atoms with E-state index in [1.165, 1.54) is 64.2 Å². The first-order valence-corrected chi connectivity index (χ1v) is 16.5. The molecule has 3 unspecified atom stereocenters. The van der Waals surface area contributed by atoms with Crippen LogP contribution in [0.1, 0.15) is 103 Å². The van der Waals surface area contributed by atoms with Crippen LogP contribution in [0, 0.1) is 46.3 Å². The van der Waals surface area contributed by atoms with Crippen molar-refractivity contribution in [3.05, 3.63) is 29.8 Å². The summed E-state index contributed by atoms with van der Waals surface area (Å²) in [7, 11) is -4.22. The van der Waals surface area contributed by atoms with Crippen LogP contribution in [-0.4, -0.2) is 14.3 Å². The number of rotatable bonds is 6. The Kier molecular flexibility index (Phi) is 7.69. The lowest BCUT2D eigenvalue weighted by Crippen LogP contribution is -2.53. The Morgan fingerprint density at radius 3 is 2.33 bits per heavy atom. The minimum Gasteiger partial charge on any atom is -0.274 e. The van der Waals surface area contributed by atoms with Crippen molar-refractivity contribution in [1.29, 1.82) is 0 Å². The van der Waals surface area contributed by atoms with Gasteiger partial charge in [0.2, 0.25) is 5.91 Å². The van der Waals surface area contributed by atoms with E-state index in [2.05, 4.69) is 25.5 Å². The van der Waals surface area contributed by atoms with Crippen LogP contribution in [-0.2, 0) is 21.0 Å². The molecule has 4 nitrogen and oxygen atoms in total. The zero-order chi connectivity index (χ0) is 28.2. The van der Waals surface area contributed by atoms with Gasteiger partial charge in [-0.05, 0) is 128 Å². The van der Waals surface area contributed by atoms with Crippen LogP contribution in [0.3, 0.4) is 0 Å². The third kappa shape index (κ3) is 5.28. The summed E-state index contributed by atoms with van der Waals surface area (Å²) in [6.07, 6.45) is 9.51. The summed E-state index contributed by atoms with van der Waals surface area (Å²) in [6.45, 7) is 7.30. The number of fused-ring (bicyclic) bond motifs is 5. The summed E-state index contributed by atoms with van der Waals surface area (Å²) < 4.78 is 65.7. The van der Waals surface area contributed by atoms with Gasteiger partial charge in [0.25, 0.3) is 10.0 Å². The standard InChI is InChI=1S/C31H44F3NO3S/c1-20(7-16-28(36)35-39(37,38)23-11-8-22(9-12-23)31(32,33)34)25-14-15-26-24-13-10-21-6-4-5-18-29(21,2)27(24)17-19-30(25,26)3/h8-9,11-12,20-21,24-27H,4-7,10,13-19H2,1-3H3,(H,35,36)/t20-,21+,24?,25-,26?,27?,29+,30-/m1/s1. The zero-order valence-electron chi connectivity index (χ0n) is 23.5. The Balaban J connectivity index is 1.18. The SMILES string of the molecule is C[C@H](CCC(=O)NS(=O)(=O)c1ccc(C(F)(F)F)cc1)[C@H]1CCC2C3CC[C@@H]4CCCC[C@]4(C)C3CC[C@@]21C. The molecule has 8 atom stereocenters. The van der Waals surface area contributed by atoms with E-state index in [1.807, 2.05) is 0 Å². The summed E-state index contributed by atoms with van der Waals surface area (Å²) in [5.74, 6) is 3.55. The smallest absolute Gasteiger partial charge is 0.274 e. The van der Waals surface area contributed by atoms with Gasteiger partial charge in [-0.2, -0.15) is 13.2 Å². The second kappa shape index (κ2) is 10.4. The summed E-state index contributed by atoms with van der Waals surface area (Å²) in [5, 5.41) is 0. The normalized spacial score (nSPS) is 37.3. The molecule has 0 aromatic heterocycles. The van der Waals surface area contributed by atoms with E-state index in [4.69, 9.17) is 0 Å². The molecular weight excluding hydrogens is 523 g/mol. The van der Waals surface area contributed by atoms with E-state index in [1.54, 1.807) is 0 Å². The van der Waals surface area contributed by atoms with Crippen molar-refractivity contribution in [2.45, 2.75) is 109 Å². The molecule has 8 heteroatoms. The maximum absolute atomic E-state index is 12.8. The van der Waals surface area contributed by atoms with Crippen molar-refractivity contribution in [2.75, 3.05) is 0 Å². The van der Waals surface area contributed by atoms with Gasteiger partial charge in [0.05, 0.1) is 10.5 Å². The molecule has 5 rings (SSSR count). The first-order valence-electron chi connectivity index (χ1n) is 15.0. The molecule has 4 saturated carbocycles. The van der Waals surface area contributed by atoms with Crippen molar-refractivity contribution in [3.63, 3.8) is 0 Å². The molecule has 1 aromatic rings. The molecule has 0 heterocycles. The van der Waals surface area contributed by atoms with Gasteiger partial charge in [-0.25, -0.2) is 13.1 Å². The third-order valence-electron chi connectivity index (χ3n) is 11.9. The highest BCUT2D eigenvalue weighted by Crippen LogP contribution is 2.68. The van der Waals surface area contributed by atoms with Gasteiger partial charge in [0.15, 0.2) is 0 Å². The number of hydrogen-bond acceptors (Lipinski definition) is 3. The van der Waals surface area contributed by atoms with E-state index in [0.717, 1.165) is 35.8 Å². The van der Waals surface area contributed by atoms with Gasteiger partial charge >= 0.3 is 6.18 Å². The molecule has 1 aromatic carbocycles. The minimum absolute atomic E-state index is 0.0874. The van der Waals surface area contributed by atoms with Crippen LogP contribution in [0.15, 0.2) is 29.2 Å². The average Bonchev–Trinajstić information content (AvgIpc) is 3.23. The molecular formula is C31H44F3NO3S. The van der Waals surface area contributed by atoms with Crippen LogP contribution in [0.4, 0.5) is 13.2 Å². The summed E-state index contributed by atoms with van der Waals surface area (Å²) in [4.78, 5) is 12.3. The van der Waals surface area contributed by atoms with Gasteiger partial charge in [-0.15, -0.1) is 0 Å². The average molecular weight is 568 g/mol. The minimum atomic E-state index is -4.55. The van der Waals surface area contributed by atoms with Crippen LogP contribution < -0.4 is 4.72 Å². The maximum Gasteiger partial charge on any atom is 0.416 e. The number of carbonyl (C=O) groups is 1. The monoisotopic (exact) mass is 567 g/mol. The number of amides is 1. The first kappa shape index (κ1) is 28.9. The van der Waals surface area contributed by atoms with E-state index >= 15 is 0 Å². The highest BCUT2D eigenvalue weighted by Gasteiger charge is 2.60. The molecule has 1 N–H and O–H groups in total. The Morgan fingerprint density at radius 2 is 1.64 bits per heavy atom. The highest BCUT2D eigenvalue weighted by atomic mass is 32.2. The lowest BCUT2D eigenvalue weighted by Gasteiger charge is -2.61. The Hall–Kier alpha value is -1.57. The molecule has 4 fully saturated rings. The predicted molar refractivity (Wildman–Crippen MR) is 145 cm³/mol. The van der Waals surface area contributed by atoms with Crippen LogP contribution >= 0.6 is 0 Å². The molecule has 0 aliphatic heterocycles. The van der Waals surface area contributed by atoms with Crippen molar-refractivity contribution in [2.24, 2.45) is 46.3 Å². The maximum atomic E-state index is 12.8. The number of carbonyl (C=O) groups excluding carboxylic acids is 1. The highest BCUT2D eigenvalue weighted by molar-refractivity contribution is 7.90. The summed E-state index contributed by atoms with van der Waals surface area (Å²) >= 11 is 0. The van der Waals surface area contributed by atoms with Gasteiger partial charge in [0.1, 0.15) is 0 Å². The molecule has 1 amide bonds. The summed E-state index contributed by atoms with van der Waals surface area (Å²) in [5.41, 5.74) is -0.135. The number of alkyl halides is 3. The number of hydrogen-bond donors (Lipinski definition) is 1. The molecule has 0 radical (unpaired) electrons. The molecule has 0 spiro atoms. The third-order valence-corrected chi connectivity index (χ3v) is 13.3. The topological polar surface area (TPSA) is 63.2 Å². The zero-order valence-corrected chi connectivity index (χ0v) is 24.3. The number of halogens is 3. The van der Waals surface area contributed by atoms with Crippen LogP contribution in [0.5, 0.6) is 0 Å². The molecule has 218 valence electrons. The summed E-state index contributed by atoms with van der Waals surface area (Å²) in [6, 6.07) is 3.21. The number of sulfonamides is 1. The Morgan fingerprint density at radius 1 is 0.949 bits per heavy atom. The fourth-order valence-corrected chi connectivity index (χ4v) is 10.9. The predicted octanol–water partition coefficient (Wildman–Crippen LogP) is 7.98. The van der Waals surface area contributed by atoms with E-state index < -0.39 is 27.7 Å². The number of benzene rings is 1. The van der Waals surface area contributed by atoms with Crippen molar-refractivity contribution >= 4 is 15.9 Å². The van der Waals surface area contributed by atoms with Gasteiger partial charge in [0, 0.05) is 6.42 Å². The molecule has 0 bridgehead atoms. The van der Waals surface area contributed by atoms with E-state index in [0.29, 0.717) is 35.8 Å².